The van der Waals surface area contributed by atoms with Crippen molar-refractivity contribution in [2.75, 3.05) is 19.7 Å². The summed E-state index contributed by atoms with van der Waals surface area (Å²) in [5.74, 6) is 0.719. The number of hydrogen-bond acceptors (Lipinski definition) is 3. The zero-order valence-corrected chi connectivity index (χ0v) is 13.7. The molecule has 1 amide bonds. The molecule has 0 aliphatic heterocycles. The Morgan fingerprint density at radius 3 is 2.62 bits per heavy atom. The molecule has 1 aromatic carbocycles. The Morgan fingerprint density at radius 2 is 1.95 bits per heavy atom. The molecule has 0 aliphatic rings. The lowest BCUT2D eigenvalue weighted by Crippen LogP contribution is -2.29. The van der Waals surface area contributed by atoms with E-state index in [0.717, 1.165) is 36.3 Å². The number of aryl methyl sites for hydroxylation is 1. The second-order valence-electron chi connectivity index (χ2n) is 5.36. The van der Waals surface area contributed by atoms with Gasteiger partial charge in [0.25, 0.3) is 5.91 Å². The summed E-state index contributed by atoms with van der Waals surface area (Å²) < 4.78 is 5.73. The Hall–Kier alpha value is -1.55. The minimum Gasteiger partial charge on any atom is -0.483 e. The van der Waals surface area contributed by atoms with Gasteiger partial charge in [0.1, 0.15) is 5.75 Å². The molecule has 1 aromatic rings. The van der Waals surface area contributed by atoms with Crippen LogP contribution in [0.4, 0.5) is 0 Å². The molecule has 118 valence electrons. The molecule has 1 unspecified atom stereocenters. The summed E-state index contributed by atoms with van der Waals surface area (Å²) in [6, 6.07) is 6.34. The second-order valence-corrected chi connectivity index (χ2v) is 5.36. The van der Waals surface area contributed by atoms with Crippen molar-refractivity contribution in [1.29, 1.82) is 0 Å². The van der Waals surface area contributed by atoms with Crippen LogP contribution in [-0.2, 0) is 4.79 Å². The molecule has 0 bridgehead atoms. The fourth-order valence-corrected chi connectivity index (χ4v) is 2.05. The Balaban J connectivity index is 2.70. The summed E-state index contributed by atoms with van der Waals surface area (Å²) in [7, 11) is 0. The van der Waals surface area contributed by atoms with Crippen LogP contribution in [0.3, 0.4) is 0 Å². The largest absolute Gasteiger partial charge is 0.483 e. The highest BCUT2D eigenvalue weighted by Crippen LogP contribution is 2.26. The van der Waals surface area contributed by atoms with E-state index in [1.54, 1.807) is 0 Å². The number of hydrogen-bond donors (Lipinski definition) is 2. The van der Waals surface area contributed by atoms with Crippen molar-refractivity contribution in [3.8, 4) is 5.75 Å². The third-order valence-electron chi connectivity index (χ3n) is 3.27. The highest BCUT2D eigenvalue weighted by Gasteiger charge is 2.12. The van der Waals surface area contributed by atoms with Gasteiger partial charge >= 0.3 is 0 Å². The van der Waals surface area contributed by atoms with Crippen LogP contribution in [-0.4, -0.2) is 25.6 Å². The topological polar surface area (TPSA) is 50.4 Å². The van der Waals surface area contributed by atoms with Gasteiger partial charge in [0.2, 0.25) is 0 Å². The van der Waals surface area contributed by atoms with Crippen molar-refractivity contribution in [3.05, 3.63) is 29.3 Å². The van der Waals surface area contributed by atoms with Crippen molar-refractivity contribution >= 4 is 5.91 Å². The molecule has 0 spiro atoms. The molecule has 2 N–H and O–H groups in total. The van der Waals surface area contributed by atoms with Gasteiger partial charge in [-0.2, -0.15) is 0 Å². The van der Waals surface area contributed by atoms with Crippen LogP contribution in [0.1, 0.15) is 50.8 Å². The number of nitrogens with one attached hydrogen (secondary N) is 2. The van der Waals surface area contributed by atoms with Crippen molar-refractivity contribution < 1.29 is 9.53 Å². The maximum absolute atomic E-state index is 11.7. The van der Waals surface area contributed by atoms with E-state index >= 15 is 0 Å². The number of carbonyl (C=O) groups excluding carboxylic acids is 1. The zero-order valence-electron chi connectivity index (χ0n) is 13.7. The third-order valence-corrected chi connectivity index (χ3v) is 3.27. The molecular formula is C17H28N2O2. The van der Waals surface area contributed by atoms with E-state index in [1.165, 1.54) is 0 Å². The lowest BCUT2D eigenvalue weighted by molar-refractivity contribution is -0.123. The second kappa shape index (κ2) is 9.40. The number of rotatable bonds is 9. The van der Waals surface area contributed by atoms with E-state index in [2.05, 4.69) is 36.6 Å². The van der Waals surface area contributed by atoms with Crippen LogP contribution in [0.25, 0.3) is 0 Å². The van der Waals surface area contributed by atoms with Crippen LogP contribution in [0.5, 0.6) is 5.75 Å². The minimum atomic E-state index is -0.0709. The van der Waals surface area contributed by atoms with Crippen molar-refractivity contribution in [1.82, 2.24) is 10.6 Å². The summed E-state index contributed by atoms with van der Waals surface area (Å²) in [6.07, 6.45) is 2.02. The van der Waals surface area contributed by atoms with Gasteiger partial charge in [-0.25, -0.2) is 0 Å². The third kappa shape index (κ3) is 6.17. The minimum absolute atomic E-state index is 0.0664. The van der Waals surface area contributed by atoms with Crippen molar-refractivity contribution in [3.63, 3.8) is 0 Å². The summed E-state index contributed by atoms with van der Waals surface area (Å²) >= 11 is 0. The van der Waals surface area contributed by atoms with E-state index in [9.17, 15) is 4.79 Å². The van der Waals surface area contributed by atoms with Gasteiger partial charge in [0, 0.05) is 18.2 Å². The van der Waals surface area contributed by atoms with Crippen LogP contribution < -0.4 is 15.4 Å². The van der Waals surface area contributed by atoms with E-state index in [-0.39, 0.29) is 18.6 Å². The molecule has 21 heavy (non-hydrogen) atoms. The molecule has 0 saturated carbocycles. The number of benzene rings is 1. The average molecular weight is 292 g/mol. The highest BCUT2D eigenvalue weighted by atomic mass is 16.5. The summed E-state index contributed by atoms with van der Waals surface area (Å²) in [5.41, 5.74) is 2.22. The molecule has 0 radical (unpaired) electrons. The monoisotopic (exact) mass is 292 g/mol. The van der Waals surface area contributed by atoms with Gasteiger partial charge < -0.3 is 15.4 Å². The smallest absolute Gasteiger partial charge is 0.257 e. The highest BCUT2D eigenvalue weighted by molar-refractivity contribution is 5.77. The molecule has 4 nitrogen and oxygen atoms in total. The Bertz CT molecular complexity index is 446. The lowest BCUT2D eigenvalue weighted by atomic mass is 10.0. The molecule has 1 rings (SSSR count). The zero-order chi connectivity index (χ0) is 15.7. The first-order valence-corrected chi connectivity index (χ1v) is 7.81. The first-order chi connectivity index (χ1) is 10.1. The lowest BCUT2D eigenvalue weighted by Gasteiger charge is -2.18. The molecule has 4 heteroatoms. The van der Waals surface area contributed by atoms with Gasteiger partial charge in [-0.15, -0.1) is 0 Å². The van der Waals surface area contributed by atoms with Gasteiger partial charge in [0.05, 0.1) is 0 Å². The van der Waals surface area contributed by atoms with Crippen LogP contribution in [0, 0.1) is 6.92 Å². The van der Waals surface area contributed by atoms with Gasteiger partial charge in [-0.05, 0) is 44.9 Å². The summed E-state index contributed by atoms with van der Waals surface area (Å²) in [6.45, 7) is 10.0. The van der Waals surface area contributed by atoms with Crippen molar-refractivity contribution in [2.45, 2.75) is 46.6 Å². The van der Waals surface area contributed by atoms with Gasteiger partial charge in [-0.1, -0.05) is 26.0 Å². The molecule has 0 aliphatic carbocycles. The first-order valence-electron chi connectivity index (χ1n) is 7.81. The molecular weight excluding hydrogens is 264 g/mol. The predicted octanol–water partition coefficient (Wildman–Crippen LogP) is 2.96. The van der Waals surface area contributed by atoms with E-state index in [0.29, 0.717) is 6.54 Å². The standard InChI is InChI=1S/C17H28N2O2/c1-5-9-18-14(4)15-8-7-13(3)11-16(15)21-12-17(20)19-10-6-2/h7-8,11,14,18H,5-6,9-10,12H2,1-4H3,(H,19,20). The van der Waals surface area contributed by atoms with E-state index in [4.69, 9.17) is 4.74 Å². The first kappa shape index (κ1) is 17.5. The maximum atomic E-state index is 11.7. The summed E-state index contributed by atoms with van der Waals surface area (Å²) in [4.78, 5) is 11.7. The van der Waals surface area contributed by atoms with Crippen molar-refractivity contribution in [2.24, 2.45) is 0 Å². The molecule has 0 heterocycles. The average Bonchev–Trinajstić information content (AvgIpc) is 2.48. The van der Waals surface area contributed by atoms with E-state index < -0.39 is 0 Å². The van der Waals surface area contributed by atoms with Crippen LogP contribution in [0.2, 0.25) is 0 Å². The Labute approximate surface area is 128 Å². The normalized spacial score (nSPS) is 12.0. The molecule has 1 atom stereocenters. The number of amides is 1. The van der Waals surface area contributed by atoms with Crippen LogP contribution in [0.15, 0.2) is 18.2 Å². The molecule has 0 aromatic heterocycles. The Morgan fingerprint density at radius 1 is 1.24 bits per heavy atom. The fourth-order valence-electron chi connectivity index (χ4n) is 2.05. The number of ether oxygens (including phenoxy) is 1. The maximum Gasteiger partial charge on any atom is 0.257 e. The fraction of sp³-hybridized carbons (Fsp3) is 0.588. The Kier molecular flexibility index (Phi) is 7.83. The quantitative estimate of drug-likeness (QED) is 0.735. The molecule has 0 fully saturated rings. The number of carbonyl (C=O) groups is 1. The molecule has 0 saturated heterocycles. The van der Waals surface area contributed by atoms with E-state index in [1.807, 2.05) is 19.9 Å². The predicted molar refractivity (Wildman–Crippen MR) is 86.7 cm³/mol. The summed E-state index contributed by atoms with van der Waals surface area (Å²) in [5, 5.41) is 6.27. The van der Waals surface area contributed by atoms with Gasteiger partial charge in [-0.3, -0.25) is 4.79 Å². The van der Waals surface area contributed by atoms with Gasteiger partial charge in [0.15, 0.2) is 6.61 Å². The SMILES string of the molecule is CCCNC(=O)COc1cc(C)ccc1C(C)NCCC. The van der Waals surface area contributed by atoms with Crippen LogP contribution >= 0.6 is 0 Å².